The topological polar surface area (TPSA) is 69.7 Å². The standard InChI is InChI=1S/C17H18ClN3O3S/c18-14-6-8-15(9-7-14)20-10-12-21(13-11-20)17(22)19-25(23,24)16-4-2-1-3-5-16/h1-9H,10-13H2,(H,19,22). The number of carbonyl (C=O) groups is 1. The number of halogens is 1. The fourth-order valence-corrected chi connectivity index (χ4v) is 3.78. The van der Waals surface area contributed by atoms with Crippen molar-refractivity contribution in [2.45, 2.75) is 4.90 Å². The van der Waals surface area contributed by atoms with E-state index in [4.69, 9.17) is 11.6 Å². The minimum Gasteiger partial charge on any atom is -0.368 e. The fraction of sp³-hybridized carbons (Fsp3) is 0.235. The number of amides is 2. The molecule has 0 aromatic heterocycles. The first-order chi connectivity index (χ1) is 12.0. The maximum Gasteiger partial charge on any atom is 0.331 e. The SMILES string of the molecule is O=C(NS(=O)(=O)c1ccccc1)N1CCN(c2ccc(Cl)cc2)CC1. The molecule has 0 spiro atoms. The summed E-state index contributed by atoms with van der Waals surface area (Å²) in [5, 5.41) is 0.674. The smallest absolute Gasteiger partial charge is 0.331 e. The van der Waals surface area contributed by atoms with Crippen molar-refractivity contribution in [3.8, 4) is 0 Å². The number of hydrogen-bond donors (Lipinski definition) is 1. The van der Waals surface area contributed by atoms with Gasteiger partial charge in [0.25, 0.3) is 10.0 Å². The average molecular weight is 380 g/mol. The summed E-state index contributed by atoms with van der Waals surface area (Å²) in [6, 6.07) is 14.8. The molecule has 132 valence electrons. The van der Waals surface area contributed by atoms with E-state index in [9.17, 15) is 13.2 Å². The third-order valence-corrected chi connectivity index (χ3v) is 5.62. The van der Waals surface area contributed by atoms with E-state index in [1.54, 1.807) is 18.2 Å². The Balaban J connectivity index is 1.59. The number of anilines is 1. The van der Waals surface area contributed by atoms with Crippen LogP contribution in [0.3, 0.4) is 0 Å². The number of carbonyl (C=O) groups excluding carboxylic acids is 1. The summed E-state index contributed by atoms with van der Waals surface area (Å²) < 4.78 is 26.6. The molecule has 0 saturated carbocycles. The van der Waals surface area contributed by atoms with Crippen LogP contribution in [0.4, 0.5) is 10.5 Å². The number of nitrogens with zero attached hydrogens (tertiary/aromatic N) is 2. The molecule has 2 aromatic rings. The lowest BCUT2D eigenvalue weighted by Crippen LogP contribution is -2.52. The third-order valence-electron chi connectivity index (χ3n) is 4.03. The Morgan fingerprint density at radius 3 is 2.12 bits per heavy atom. The summed E-state index contributed by atoms with van der Waals surface area (Å²) >= 11 is 5.89. The quantitative estimate of drug-likeness (QED) is 0.889. The molecule has 8 heteroatoms. The Hall–Kier alpha value is -2.25. The third kappa shape index (κ3) is 4.24. The van der Waals surface area contributed by atoms with Crippen LogP contribution in [0.2, 0.25) is 5.02 Å². The minimum absolute atomic E-state index is 0.0724. The van der Waals surface area contributed by atoms with Gasteiger partial charge in [-0.2, -0.15) is 0 Å². The van der Waals surface area contributed by atoms with Gasteiger partial charge in [0.1, 0.15) is 0 Å². The summed E-state index contributed by atoms with van der Waals surface area (Å²) in [6.45, 7) is 2.14. The zero-order valence-electron chi connectivity index (χ0n) is 13.4. The molecule has 2 aromatic carbocycles. The molecule has 1 N–H and O–H groups in total. The summed E-state index contributed by atoms with van der Waals surface area (Å²) in [6.07, 6.45) is 0. The van der Waals surface area contributed by atoms with E-state index in [-0.39, 0.29) is 4.90 Å². The Morgan fingerprint density at radius 2 is 1.52 bits per heavy atom. The molecule has 25 heavy (non-hydrogen) atoms. The summed E-state index contributed by atoms with van der Waals surface area (Å²) in [7, 11) is -3.85. The molecule has 1 aliphatic rings. The van der Waals surface area contributed by atoms with E-state index in [0.717, 1.165) is 5.69 Å². The first-order valence-corrected chi connectivity index (χ1v) is 9.69. The van der Waals surface area contributed by atoms with Gasteiger partial charge < -0.3 is 9.80 Å². The van der Waals surface area contributed by atoms with Gasteiger partial charge in [-0.05, 0) is 36.4 Å². The second-order valence-electron chi connectivity index (χ2n) is 5.67. The Morgan fingerprint density at radius 1 is 0.920 bits per heavy atom. The second-order valence-corrected chi connectivity index (χ2v) is 7.79. The predicted molar refractivity (Wildman–Crippen MR) is 97.4 cm³/mol. The molecule has 6 nitrogen and oxygen atoms in total. The van der Waals surface area contributed by atoms with Crippen molar-refractivity contribution >= 4 is 33.3 Å². The van der Waals surface area contributed by atoms with Crippen LogP contribution in [0.15, 0.2) is 59.5 Å². The van der Waals surface area contributed by atoms with Crippen LogP contribution < -0.4 is 9.62 Å². The molecule has 3 rings (SSSR count). The van der Waals surface area contributed by atoms with Crippen molar-refractivity contribution in [2.24, 2.45) is 0 Å². The summed E-state index contributed by atoms with van der Waals surface area (Å²) in [5.41, 5.74) is 1.03. The zero-order chi connectivity index (χ0) is 17.9. The normalized spacial score (nSPS) is 15.1. The van der Waals surface area contributed by atoms with Crippen LogP contribution >= 0.6 is 11.6 Å². The van der Waals surface area contributed by atoms with E-state index >= 15 is 0 Å². The highest BCUT2D eigenvalue weighted by Gasteiger charge is 2.25. The molecule has 1 heterocycles. The molecule has 1 fully saturated rings. The van der Waals surface area contributed by atoms with E-state index < -0.39 is 16.1 Å². The lowest BCUT2D eigenvalue weighted by atomic mass is 10.2. The highest BCUT2D eigenvalue weighted by molar-refractivity contribution is 7.90. The number of nitrogens with one attached hydrogen (secondary N) is 1. The van der Waals surface area contributed by atoms with Gasteiger partial charge in [0.2, 0.25) is 0 Å². The first kappa shape index (κ1) is 17.6. The molecule has 0 radical (unpaired) electrons. The van der Waals surface area contributed by atoms with Crippen molar-refractivity contribution in [3.63, 3.8) is 0 Å². The number of hydrogen-bond acceptors (Lipinski definition) is 4. The molecule has 1 aliphatic heterocycles. The van der Waals surface area contributed by atoms with Crippen molar-refractivity contribution in [1.29, 1.82) is 0 Å². The van der Waals surface area contributed by atoms with Gasteiger partial charge in [-0.3, -0.25) is 0 Å². The molecule has 0 bridgehead atoms. The summed E-state index contributed by atoms with van der Waals surface area (Å²) in [5.74, 6) is 0. The van der Waals surface area contributed by atoms with E-state index in [1.807, 2.05) is 24.3 Å². The summed E-state index contributed by atoms with van der Waals surface area (Å²) in [4.78, 5) is 16.0. The highest BCUT2D eigenvalue weighted by Crippen LogP contribution is 2.19. The van der Waals surface area contributed by atoms with Gasteiger partial charge in [0, 0.05) is 36.9 Å². The number of sulfonamides is 1. The molecule has 1 saturated heterocycles. The highest BCUT2D eigenvalue weighted by atomic mass is 35.5. The molecule has 0 atom stereocenters. The number of piperazine rings is 1. The molecule has 2 amide bonds. The number of benzene rings is 2. The molecule has 0 unspecified atom stereocenters. The maximum absolute atomic E-state index is 12.3. The van der Waals surface area contributed by atoms with Crippen molar-refractivity contribution in [2.75, 3.05) is 31.1 Å². The Labute approximate surface area is 152 Å². The van der Waals surface area contributed by atoms with E-state index in [1.165, 1.54) is 17.0 Å². The van der Waals surface area contributed by atoms with Crippen molar-refractivity contribution < 1.29 is 13.2 Å². The fourth-order valence-electron chi connectivity index (χ4n) is 2.66. The van der Waals surface area contributed by atoms with Crippen molar-refractivity contribution in [1.82, 2.24) is 9.62 Å². The zero-order valence-corrected chi connectivity index (χ0v) is 15.0. The number of urea groups is 1. The molecule has 0 aliphatic carbocycles. The van der Waals surface area contributed by atoms with Gasteiger partial charge in [-0.25, -0.2) is 17.9 Å². The monoisotopic (exact) mass is 379 g/mol. The van der Waals surface area contributed by atoms with Crippen LogP contribution in [0.5, 0.6) is 0 Å². The van der Waals surface area contributed by atoms with Gasteiger partial charge in [-0.15, -0.1) is 0 Å². The van der Waals surface area contributed by atoms with Crippen LogP contribution in [-0.4, -0.2) is 45.5 Å². The first-order valence-electron chi connectivity index (χ1n) is 7.83. The Bertz CT molecular complexity index is 833. The lowest BCUT2D eigenvalue weighted by Gasteiger charge is -2.35. The van der Waals surface area contributed by atoms with Gasteiger partial charge >= 0.3 is 6.03 Å². The Kier molecular flexibility index (Phi) is 5.15. The van der Waals surface area contributed by atoms with Crippen LogP contribution in [0.1, 0.15) is 0 Å². The van der Waals surface area contributed by atoms with Crippen LogP contribution in [0, 0.1) is 0 Å². The largest absolute Gasteiger partial charge is 0.368 e. The predicted octanol–water partition coefficient (Wildman–Crippen LogP) is 2.56. The second kappa shape index (κ2) is 7.33. The van der Waals surface area contributed by atoms with Crippen LogP contribution in [0.25, 0.3) is 0 Å². The van der Waals surface area contributed by atoms with Crippen LogP contribution in [-0.2, 0) is 10.0 Å². The molecular formula is C17H18ClN3O3S. The van der Waals surface area contributed by atoms with Gasteiger partial charge in [0.05, 0.1) is 4.90 Å². The molecular weight excluding hydrogens is 362 g/mol. The van der Waals surface area contributed by atoms with E-state index in [2.05, 4.69) is 9.62 Å². The van der Waals surface area contributed by atoms with Crippen molar-refractivity contribution in [3.05, 3.63) is 59.6 Å². The minimum atomic E-state index is -3.85. The lowest BCUT2D eigenvalue weighted by molar-refractivity contribution is 0.200. The van der Waals surface area contributed by atoms with Gasteiger partial charge in [-0.1, -0.05) is 29.8 Å². The van der Waals surface area contributed by atoms with E-state index in [0.29, 0.717) is 31.2 Å². The maximum atomic E-state index is 12.3. The average Bonchev–Trinajstić information content (AvgIpc) is 2.63. The number of rotatable bonds is 3. The van der Waals surface area contributed by atoms with Gasteiger partial charge in [0.15, 0.2) is 0 Å².